The van der Waals surface area contributed by atoms with Gasteiger partial charge in [-0.3, -0.25) is 0 Å². The van der Waals surface area contributed by atoms with E-state index in [1.165, 1.54) is 28.6 Å². The third-order valence-electron chi connectivity index (χ3n) is 4.32. The van der Waals surface area contributed by atoms with Crippen LogP contribution in [-0.2, 0) is 20.0 Å². The molecule has 1 aromatic carbocycles. The highest BCUT2D eigenvalue weighted by atomic mass is 35.5. The Bertz CT molecular complexity index is 787. The molecule has 1 heterocycles. The maximum atomic E-state index is 12.8. The Hall–Kier alpha value is -0.710. The van der Waals surface area contributed by atoms with Gasteiger partial charge in [0.25, 0.3) is 0 Å². The average molecular weight is 426 g/mol. The zero-order valence-corrected chi connectivity index (χ0v) is 17.7. The third-order valence-corrected chi connectivity index (χ3v) is 7.77. The Labute approximate surface area is 162 Å². The number of nitrogens with one attached hydrogen (secondary N) is 1. The molecule has 1 aliphatic rings. The number of sulfonamides is 2. The Kier molecular flexibility index (Phi) is 8.06. The summed E-state index contributed by atoms with van der Waals surface area (Å²) in [4.78, 5) is 0.131. The van der Waals surface area contributed by atoms with Crippen LogP contribution in [0.5, 0.6) is 0 Å². The van der Waals surface area contributed by atoms with Crippen molar-refractivity contribution in [3.63, 3.8) is 0 Å². The fourth-order valence-corrected chi connectivity index (χ4v) is 6.06. The number of rotatable bonds is 6. The van der Waals surface area contributed by atoms with E-state index in [2.05, 4.69) is 4.72 Å². The van der Waals surface area contributed by atoms with Crippen molar-refractivity contribution in [1.29, 1.82) is 0 Å². The van der Waals surface area contributed by atoms with Gasteiger partial charge in [-0.05, 0) is 49.4 Å². The van der Waals surface area contributed by atoms with Crippen molar-refractivity contribution < 1.29 is 16.8 Å². The Morgan fingerprint density at radius 3 is 2.00 bits per heavy atom. The standard InChI is InChI=1S/C16H27N3O4S2.ClH/c1-12-8-13(2)11-19(10-12)25(22,23)16-6-4-15(5-7-16)24(20,21)18-14(3)9-17;/h4-7,12-14,18H,8-11,17H2,1-3H3;1H/t12?,13?,14-;/m0./s1. The van der Waals surface area contributed by atoms with Gasteiger partial charge in [-0.15, -0.1) is 12.4 Å². The molecule has 0 saturated carbocycles. The third kappa shape index (κ3) is 5.40. The van der Waals surface area contributed by atoms with Crippen LogP contribution >= 0.6 is 12.4 Å². The summed E-state index contributed by atoms with van der Waals surface area (Å²) in [5.74, 6) is 0.611. The summed E-state index contributed by atoms with van der Waals surface area (Å²) >= 11 is 0. The molecule has 7 nitrogen and oxygen atoms in total. The summed E-state index contributed by atoms with van der Waals surface area (Å²) in [6, 6.07) is 4.93. The predicted octanol–water partition coefficient (Wildman–Crippen LogP) is 1.40. The van der Waals surface area contributed by atoms with Crippen molar-refractivity contribution in [3.8, 4) is 0 Å². The molecule has 1 saturated heterocycles. The van der Waals surface area contributed by atoms with Crippen molar-refractivity contribution in [2.24, 2.45) is 17.6 Å². The van der Waals surface area contributed by atoms with Crippen LogP contribution in [0.4, 0.5) is 0 Å². The highest BCUT2D eigenvalue weighted by Crippen LogP contribution is 2.27. The maximum Gasteiger partial charge on any atom is 0.243 e. The monoisotopic (exact) mass is 425 g/mol. The number of benzene rings is 1. The van der Waals surface area contributed by atoms with Gasteiger partial charge in [0.2, 0.25) is 20.0 Å². The fourth-order valence-electron chi connectivity index (χ4n) is 3.12. The summed E-state index contributed by atoms with van der Waals surface area (Å²) in [6.45, 7) is 6.90. The molecule has 2 rings (SSSR count). The topological polar surface area (TPSA) is 110 Å². The number of nitrogens with two attached hydrogens (primary N) is 1. The molecule has 150 valence electrons. The lowest BCUT2D eigenvalue weighted by Gasteiger charge is -2.34. The van der Waals surface area contributed by atoms with Crippen molar-refractivity contribution in [3.05, 3.63) is 24.3 Å². The Morgan fingerprint density at radius 2 is 1.54 bits per heavy atom. The largest absolute Gasteiger partial charge is 0.329 e. The second-order valence-corrected chi connectivity index (χ2v) is 10.6. The van der Waals surface area contributed by atoms with Gasteiger partial charge in [0.15, 0.2) is 0 Å². The van der Waals surface area contributed by atoms with Crippen LogP contribution < -0.4 is 10.5 Å². The maximum absolute atomic E-state index is 12.8. The quantitative estimate of drug-likeness (QED) is 0.715. The van der Waals surface area contributed by atoms with Gasteiger partial charge in [0, 0.05) is 25.7 Å². The summed E-state index contributed by atoms with van der Waals surface area (Å²) < 4.78 is 54.0. The van der Waals surface area contributed by atoms with Gasteiger partial charge in [-0.25, -0.2) is 21.6 Å². The van der Waals surface area contributed by atoms with E-state index in [4.69, 9.17) is 5.73 Å². The van der Waals surface area contributed by atoms with E-state index in [0.29, 0.717) is 24.9 Å². The van der Waals surface area contributed by atoms with Crippen molar-refractivity contribution in [2.45, 2.75) is 43.0 Å². The van der Waals surface area contributed by atoms with E-state index in [-0.39, 0.29) is 28.7 Å². The highest BCUT2D eigenvalue weighted by Gasteiger charge is 2.31. The first-order valence-corrected chi connectivity index (χ1v) is 11.3. The first kappa shape index (κ1) is 23.3. The van der Waals surface area contributed by atoms with Crippen LogP contribution in [0.3, 0.4) is 0 Å². The molecule has 1 fully saturated rings. The van der Waals surface area contributed by atoms with Crippen LogP contribution in [0.25, 0.3) is 0 Å². The number of halogens is 1. The van der Waals surface area contributed by atoms with E-state index in [1.807, 2.05) is 13.8 Å². The summed E-state index contributed by atoms with van der Waals surface area (Å²) in [7, 11) is -7.33. The molecule has 1 aromatic rings. The molecule has 0 aromatic heterocycles. The van der Waals surface area contributed by atoms with Gasteiger partial charge >= 0.3 is 0 Å². The van der Waals surface area contributed by atoms with Gasteiger partial charge in [-0.1, -0.05) is 13.8 Å². The van der Waals surface area contributed by atoms with Crippen molar-refractivity contribution >= 4 is 32.5 Å². The minimum atomic E-state index is -3.71. The lowest BCUT2D eigenvalue weighted by Crippen LogP contribution is -2.42. The number of piperidine rings is 1. The molecule has 0 radical (unpaired) electrons. The van der Waals surface area contributed by atoms with Gasteiger partial charge in [-0.2, -0.15) is 4.31 Å². The molecule has 0 bridgehead atoms. The SMILES string of the molecule is CC1CC(C)CN(S(=O)(=O)c2ccc(S(=O)(=O)N[C@@H](C)CN)cc2)C1.Cl. The summed E-state index contributed by atoms with van der Waals surface area (Å²) in [6.07, 6.45) is 1.01. The Morgan fingerprint density at radius 1 is 1.08 bits per heavy atom. The molecule has 0 spiro atoms. The second kappa shape index (κ2) is 8.99. The lowest BCUT2D eigenvalue weighted by molar-refractivity contribution is 0.222. The molecule has 3 N–H and O–H groups in total. The van der Waals surface area contributed by atoms with Gasteiger partial charge in [0.05, 0.1) is 9.79 Å². The zero-order chi connectivity index (χ0) is 18.8. The van der Waals surface area contributed by atoms with Crippen molar-refractivity contribution in [2.75, 3.05) is 19.6 Å². The van der Waals surface area contributed by atoms with Gasteiger partial charge < -0.3 is 5.73 Å². The zero-order valence-electron chi connectivity index (χ0n) is 15.3. The van der Waals surface area contributed by atoms with Crippen LogP contribution in [0.15, 0.2) is 34.1 Å². The predicted molar refractivity (Wildman–Crippen MR) is 104 cm³/mol. The number of hydrogen-bond acceptors (Lipinski definition) is 5. The van der Waals surface area contributed by atoms with Crippen LogP contribution in [0, 0.1) is 11.8 Å². The number of hydrogen-bond donors (Lipinski definition) is 2. The van der Waals surface area contributed by atoms with E-state index in [9.17, 15) is 16.8 Å². The van der Waals surface area contributed by atoms with E-state index in [0.717, 1.165) is 6.42 Å². The minimum absolute atomic E-state index is 0. The minimum Gasteiger partial charge on any atom is -0.329 e. The van der Waals surface area contributed by atoms with Crippen LogP contribution in [0.1, 0.15) is 27.2 Å². The first-order chi connectivity index (χ1) is 11.6. The molecular formula is C16H28ClN3O4S2. The fraction of sp³-hybridized carbons (Fsp3) is 0.625. The molecule has 2 unspecified atom stereocenters. The number of nitrogens with zero attached hydrogens (tertiary/aromatic N) is 1. The second-order valence-electron chi connectivity index (χ2n) is 7.00. The first-order valence-electron chi connectivity index (χ1n) is 8.39. The molecule has 0 amide bonds. The smallest absolute Gasteiger partial charge is 0.243 e. The summed E-state index contributed by atoms with van der Waals surface area (Å²) in [5.41, 5.74) is 5.43. The van der Waals surface area contributed by atoms with Crippen LogP contribution in [0.2, 0.25) is 0 Å². The lowest BCUT2D eigenvalue weighted by atomic mass is 9.94. The van der Waals surface area contributed by atoms with E-state index < -0.39 is 26.1 Å². The van der Waals surface area contributed by atoms with Gasteiger partial charge in [0.1, 0.15) is 0 Å². The normalized spacial score (nSPS) is 23.2. The molecule has 0 aliphatic carbocycles. The Balaban J connectivity index is 0.00000338. The average Bonchev–Trinajstić information content (AvgIpc) is 2.53. The summed E-state index contributed by atoms with van der Waals surface area (Å²) in [5, 5.41) is 0. The molecule has 1 aliphatic heterocycles. The van der Waals surface area contributed by atoms with Crippen LogP contribution in [-0.4, -0.2) is 46.8 Å². The molecule has 10 heteroatoms. The molecular weight excluding hydrogens is 398 g/mol. The molecule has 26 heavy (non-hydrogen) atoms. The van der Waals surface area contributed by atoms with Crippen molar-refractivity contribution in [1.82, 2.24) is 9.03 Å². The van der Waals surface area contributed by atoms with E-state index in [1.54, 1.807) is 6.92 Å². The highest BCUT2D eigenvalue weighted by molar-refractivity contribution is 7.89. The van der Waals surface area contributed by atoms with E-state index >= 15 is 0 Å². The molecule has 3 atom stereocenters.